The van der Waals surface area contributed by atoms with Gasteiger partial charge in [-0.2, -0.15) is 8.78 Å². The number of alkyl halides is 2. The molecule has 15 heavy (non-hydrogen) atoms. The Hall–Kier alpha value is -1.10. The summed E-state index contributed by atoms with van der Waals surface area (Å²) in [6.45, 7) is 2.52. The highest BCUT2D eigenvalue weighted by atomic mass is 32.2. The third kappa shape index (κ3) is 2.47. The van der Waals surface area contributed by atoms with Crippen LogP contribution in [0.1, 0.15) is 12.5 Å². The summed E-state index contributed by atoms with van der Waals surface area (Å²) in [7, 11) is -2.62. The van der Waals surface area contributed by atoms with Gasteiger partial charge in [-0.25, -0.2) is 4.21 Å². The lowest BCUT2D eigenvalue weighted by atomic mass is 10.2. The van der Waals surface area contributed by atoms with Crippen LogP contribution in [0.5, 0.6) is 0 Å². The third-order valence-corrected chi connectivity index (χ3v) is 3.33. The number of halogens is 2. The van der Waals surface area contributed by atoms with Crippen LogP contribution in [0, 0.1) is 6.92 Å². The molecular formula is C10H10F2O2S. The van der Waals surface area contributed by atoms with Crippen molar-refractivity contribution in [3.05, 3.63) is 29.8 Å². The Kier molecular flexibility index (Phi) is 3.34. The van der Waals surface area contributed by atoms with Crippen LogP contribution in [0.2, 0.25) is 0 Å². The average molecular weight is 232 g/mol. The maximum absolute atomic E-state index is 13.1. The average Bonchev–Trinajstić information content (AvgIpc) is 2.17. The highest BCUT2D eigenvalue weighted by molar-refractivity contribution is 7.87. The van der Waals surface area contributed by atoms with Gasteiger partial charge in [0.25, 0.3) is 0 Å². The molecule has 0 aliphatic heterocycles. The minimum Gasteiger partial charge on any atom is -0.292 e. The zero-order chi connectivity index (χ0) is 11.6. The quantitative estimate of drug-likeness (QED) is 0.801. The maximum atomic E-state index is 13.1. The molecule has 0 spiro atoms. The smallest absolute Gasteiger partial charge is 0.292 e. The van der Waals surface area contributed by atoms with Gasteiger partial charge < -0.3 is 0 Å². The molecule has 0 N–H and O–H groups in total. The van der Waals surface area contributed by atoms with Gasteiger partial charge in [-0.15, -0.1) is 0 Å². The Morgan fingerprint density at radius 2 is 1.73 bits per heavy atom. The van der Waals surface area contributed by atoms with Gasteiger partial charge in [0, 0.05) is 11.8 Å². The van der Waals surface area contributed by atoms with Gasteiger partial charge >= 0.3 is 5.25 Å². The van der Waals surface area contributed by atoms with E-state index in [2.05, 4.69) is 0 Å². The fourth-order valence-electron chi connectivity index (χ4n) is 0.940. The number of Topliss-reactive ketones (excluding diaryl/α,β-unsaturated/α-hetero) is 1. The lowest BCUT2D eigenvalue weighted by molar-refractivity contribution is -0.130. The van der Waals surface area contributed by atoms with E-state index in [1.54, 1.807) is 19.1 Å². The van der Waals surface area contributed by atoms with E-state index >= 15 is 0 Å². The SMILES string of the molecule is CC(=O)C(F)(F)S(=O)c1ccc(C)cc1. The molecule has 0 radical (unpaired) electrons. The van der Waals surface area contributed by atoms with Crippen molar-refractivity contribution >= 4 is 16.6 Å². The fourth-order valence-corrected chi connectivity index (χ4v) is 1.88. The van der Waals surface area contributed by atoms with Crippen molar-refractivity contribution in [2.24, 2.45) is 0 Å². The van der Waals surface area contributed by atoms with Crippen molar-refractivity contribution in [1.29, 1.82) is 0 Å². The van der Waals surface area contributed by atoms with Gasteiger partial charge in [0.15, 0.2) is 0 Å². The van der Waals surface area contributed by atoms with Gasteiger partial charge in [-0.1, -0.05) is 17.7 Å². The summed E-state index contributed by atoms with van der Waals surface area (Å²) in [5.74, 6) is -1.39. The number of aryl methyl sites for hydroxylation is 1. The standard InChI is InChI=1S/C10H10F2O2S/c1-7-3-5-9(6-4-7)15(14)10(11,12)8(2)13/h3-6H,1-2H3. The zero-order valence-corrected chi connectivity index (χ0v) is 9.11. The summed E-state index contributed by atoms with van der Waals surface area (Å²) in [5, 5.41) is -3.81. The first kappa shape index (κ1) is 12.0. The van der Waals surface area contributed by atoms with Crippen LogP contribution in [-0.4, -0.2) is 15.2 Å². The predicted molar refractivity (Wildman–Crippen MR) is 53.2 cm³/mol. The van der Waals surface area contributed by atoms with Crippen LogP contribution < -0.4 is 0 Å². The lowest BCUT2D eigenvalue weighted by Crippen LogP contribution is -2.31. The van der Waals surface area contributed by atoms with Crippen LogP contribution in [0.15, 0.2) is 29.2 Å². The highest BCUT2D eigenvalue weighted by Crippen LogP contribution is 2.25. The Bertz CT molecular complexity index is 398. The Morgan fingerprint density at radius 3 is 2.13 bits per heavy atom. The van der Waals surface area contributed by atoms with E-state index in [1.165, 1.54) is 12.1 Å². The fraction of sp³-hybridized carbons (Fsp3) is 0.300. The van der Waals surface area contributed by atoms with E-state index in [9.17, 15) is 17.8 Å². The van der Waals surface area contributed by atoms with Crippen molar-refractivity contribution in [2.45, 2.75) is 24.0 Å². The lowest BCUT2D eigenvalue weighted by Gasteiger charge is -2.11. The van der Waals surface area contributed by atoms with Crippen LogP contribution in [-0.2, 0) is 15.6 Å². The van der Waals surface area contributed by atoms with Crippen molar-refractivity contribution in [1.82, 2.24) is 0 Å². The van der Waals surface area contributed by atoms with Gasteiger partial charge in [-0.3, -0.25) is 4.79 Å². The van der Waals surface area contributed by atoms with Gasteiger partial charge in [-0.05, 0) is 19.1 Å². The van der Waals surface area contributed by atoms with E-state index in [-0.39, 0.29) is 4.90 Å². The molecule has 1 rings (SSSR count). The third-order valence-electron chi connectivity index (χ3n) is 1.88. The van der Waals surface area contributed by atoms with Gasteiger partial charge in [0.2, 0.25) is 5.78 Å². The van der Waals surface area contributed by atoms with Crippen molar-refractivity contribution in [3.8, 4) is 0 Å². The summed E-state index contributed by atoms with van der Waals surface area (Å²) in [5.41, 5.74) is 0.877. The molecule has 0 aromatic heterocycles. The van der Waals surface area contributed by atoms with E-state index in [1.807, 2.05) is 0 Å². The second-order valence-electron chi connectivity index (χ2n) is 3.15. The number of benzene rings is 1. The first-order valence-corrected chi connectivity index (χ1v) is 5.38. The molecule has 0 aliphatic carbocycles. The van der Waals surface area contributed by atoms with E-state index < -0.39 is 21.8 Å². The minimum absolute atomic E-state index is 0.0409. The number of hydrogen-bond acceptors (Lipinski definition) is 2. The molecule has 1 atom stereocenters. The molecule has 0 aliphatic rings. The predicted octanol–water partition coefficient (Wildman–Crippen LogP) is 2.28. The summed E-state index contributed by atoms with van der Waals surface area (Å²) >= 11 is 0. The summed E-state index contributed by atoms with van der Waals surface area (Å²) in [4.78, 5) is 10.6. The largest absolute Gasteiger partial charge is 0.382 e. The van der Waals surface area contributed by atoms with Gasteiger partial charge in [0.05, 0.1) is 0 Å². The second-order valence-corrected chi connectivity index (χ2v) is 4.68. The summed E-state index contributed by atoms with van der Waals surface area (Å²) in [6.07, 6.45) is 0. The molecule has 0 saturated carbocycles. The first-order valence-electron chi connectivity index (χ1n) is 4.23. The molecule has 5 heteroatoms. The Labute approximate surface area is 88.8 Å². The molecule has 0 bridgehead atoms. The second kappa shape index (κ2) is 4.18. The molecule has 1 aromatic carbocycles. The first-order chi connectivity index (χ1) is 6.85. The summed E-state index contributed by atoms with van der Waals surface area (Å²) < 4.78 is 37.5. The molecule has 0 heterocycles. The number of carbonyl (C=O) groups excluding carboxylic acids is 1. The van der Waals surface area contributed by atoms with Crippen LogP contribution in [0.25, 0.3) is 0 Å². The molecule has 1 unspecified atom stereocenters. The topological polar surface area (TPSA) is 34.1 Å². The van der Waals surface area contributed by atoms with E-state index in [0.29, 0.717) is 0 Å². The van der Waals surface area contributed by atoms with E-state index in [0.717, 1.165) is 12.5 Å². The number of ketones is 1. The normalized spacial score (nSPS) is 13.6. The van der Waals surface area contributed by atoms with Crippen molar-refractivity contribution in [2.75, 3.05) is 0 Å². The Morgan fingerprint density at radius 1 is 1.27 bits per heavy atom. The molecule has 82 valence electrons. The maximum Gasteiger partial charge on any atom is 0.382 e. The number of rotatable bonds is 3. The zero-order valence-electron chi connectivity index (χ0n) is 8.29. The highest BCUT2D eigenvalue weighted by Gasteiger charge is 2.43. The number of carbonyl (C=O) groups is 1. The van der Waals surface area contributed by atoms with Crippen molar-refractivity contribution in [3.63, 3.8) is 0 Å². The van der Waals surface area contributed by atoms with Crippen LogP contribution in [0.3, 0.4) is 0 Å². The molecule has 2 nitrogen and oxygen atoms in total. The van der Waals surface area contributed by atoms with Gasteiger partial charge in [0.1, 0.15) is 10.8 Å². The molecule has 1 aromatic rings. The summed E-state index contributed by atoms with van der Waals surface area (Å²) in [6, 6.07) is 5.82. The molecule has 0 fully saturated rings. The van der Waals surface area contributed by atoms with Crippen molar-refractivity contribution < 1.29 is 17.8 Å². The van der Waals surface area contributed by atoms with Crippen LogP contribution in [0.4, 0.5) is 8.78 Å². The monoisotopic (exact) mass is 232 g/mol. The Balaban J connectivity index is 3.05. The molecule has 0 saturated heterocycles. The number of hydrogen-bond donors (Lipinski definition) is 0. The minimum atomic E-state index is -3.81. The van der Waals surface area contributed by atoms with Crippen LogP contribution >= 0.6 is 0 Å². The van der Waals surface area contributed by atoms with E-state index in [4.69, 9.17) is 0 Å². The molecular weight excluding hydrogens is 222 g/mol. The molecule has 0 amide bonds.